The maximum atomic E-state index is 5.61. The van der Waals surface area contributed by atoms with Gasteiger partial charge in [0, 0.05) is 23.6 Å². The summed E-state index contributed by atoms with van der Waals surface area (Å²) in [6.45, 7) is 5.81. The van der Waals surface area contributed by atoms with Gasteiger partial charge in [-0.1, -0.05) is 6.07 Å². The van der Waals surface area contributed by atoms with Crippen molar-refractivity contribution in [3.8, 4) is 5.75 Å². The number of aromatic amines is 1. The minimum atomic E-state index is 0.744. The minimum Gasteiger partial charge on any atom is -0.497 e. The standard InChI is InChI=1S/C24H31N5O/c1-16-15-27-24(26-11-5-13-29(2)12-4-10-25)22-21-19-8-7-18(30-3)14-17(19)6-9-20(21)28-23(16)22/h6-9,14-15,28H,4-5,10-13,25H2,1-3H3,(H,26,27). The summed E-state index contributed by atoms with van der Waals surface area (Å²) in [6.07, 6.45) is 4.04. The van der Waals surface area contributed by atoms with Crippen LogP contribution in [0.15, 0.2) is 36.5 Å². The fourth-order valence-corrected chi connectivity index (χ4v) is 4.12. The fourth-order valence-electron chi connectivity index (χ4n) is 4.12. The Bertz CT molecular complexity index is 1170. The van der Waals surface area contributed by atoms with Crippen molar-refractivity contribution in [2.24, 2.45) is 5.73 Å². The molecule has 0 bridgehead atoms. The van der Waals surface area contributed by atoms with Gasteiger partial charge in [0.25, 0.3) is 0 Å². The summed E-state index contributed by atoms with van der Waals surface area (Å²) in [7, 11) is 3.85. The second kappa shape index (κ2) is 8.90. The number of H-pyrrole nitrogens is 1. The maximum absolute atomic E-state index is 5.61. The van der Waals surface area contributed by atoms with Crippen LogP contribution in [0.25, 0.3) is 32.6 Å². The lowest BCUT2D eigenvalue weighted by molar-refractivity contribution is 0.330. The fraction of sp³-hybridized carbons (Fsp3) is 0.375. The summed E-state index contributed by atoms with van der Waals surface area (Å²) in [6, 6.07) is 10.5. The van der Waals surface area contributed by atoms with Crippen LogP contribution in [0.3, 0.4) is 0 Å². The van der Waals surface area contributed by atoms with Gasteiger partial charge in [-0.05, 0) is 87.0 Å². The van der Waals surface area contributed by atoms with E-state index in [4.69, 9.17) is 15.5 Å². The number of pyridine rings is 1. The molecule has 0 saturated heterocycles. The molecule has 6 nitrogen and oxygen atoms in total. The minimum absolute atomic E-state index is 0.744. The van der Waals surface area contributed by atoms with Crippen LogP contribution >= 0.6 is 0 Å². The van der Waals surface area contributed by atoms with Crippen molar-refractivity contribution in [2.45, 2.75) is 19.8 Å². The highest BCUT2D eigenvalue weighted by molar-refractivity contribution is 6.23. The van der Waals surface area contributed by atoms with E-state index in [-0.39, 0.29) is 0 Å². The number of hydrogen-bond donors (Lipinski definition) is 3. The number of fused-ring (bicyclic) bond motifs is 5. The Morgan fingerprint density at radius 3 is 2.77 bits per heavy atom. The van der Waals surface area contributed by atoms with Gasteiger partial charge >= 0.3 is 0 Å². The van der Waals surface area contributed by atoms with Gasteiger partial charge in [-0.25, -0.2) is 4.98 Å². The summed E-state index contributed by atoms with van der Waals surface area (Å²) in [5, 5.41) is 8.33. The van der Waals surface area contributed by atoms with E-state index in [1.165, 1.54) is 10.8 Å². The molecule has 0 radical (unpaired) electrons. The van der Waals surface area contributed by atoms with E-state index in [9.17, 15) is 0 Å². The van der Waals surface area contributed by atoms with Gasteiger partial charge in [-0.2, -0.15) is 0 Å². The van der Waals surface area contributed by atoms with Crippen LogP contribution in [0, 0.1) is 6.92 Å². The van der Waals surface area contributed by atoms with Gasteiger partial charge in [-0.3, -0.25) is 0 Å². The Balaban J connectivity index is 1.68. The number of ether oxygens (including phenoxy) is 1. The zero-order valence-electron chi connectivity index (χ0n) is 18.1. The van der Waals surface area contributed by atoms with Crippen molar-refractivity contribution in [1.29, 1.82) is 0 Å². The summed E-state index contributed by atoms with van der Waals surface area (Å²) in [5.41, 5.74) is 9.03. The van der Waals surface area contributed by atoms with Gasteiger partial charge in [0.15, 0.2) is 0 Å². The molecular formula is C24H31N5O. The third-order valence-corrected chi connectivity index (χ3v) is 5.76. The van der Waals surface area contributed by atoms with Crippen molar-refractivity contribution in [2.75, 3.05) is 45.7 Å². The molecule has 0 amide bonds. The molecule has 6 heteroatoms. The highest BCUT2D eigenvalue weighted by atomic mass is 16.5. The van der Waals surface area contributed by atoms with E-state index in [0.717, 1.165) is 78.0 Å². The number of benzene rings is 2. The molecule has 0 fully saturated rings. The molecule has 0 unspecified atom stereocenters. The van der Waals surface area contributed by atoms with Crippen molar-refractivity contribution < 1.29 is 4.74 Å². The molecular weight excluding hydrogens is 374 g/mol. The van der Waals surface area contributed by atoms with Crippen LogP contribution in [0.1, 0.15) is 18.4 Å². The lowest BCUT2D eigenvalue weighted by atomic mass is 10.0. The van der Waals surface area contributed by atoms with Gasteiger partial charge in [0.05, 0.1) is 18.0 Å². The van der Waals surface area contributed by atoms with E-state index in [1.807, 2.05) is 12.3 Å². The molecule has 2 aromatic heterocycles. The molecule has 30 heavy (non-hydrogen) atoms. The molecule has 4 aromatic rings. The van der Waals surface area contributed by atoms with Crippen molar-refractivity contribution >= 4 is 38.4 Å². The highest BCUT2D eigenvalue weighted by Gasteiger charge is 2.15. The Morgan fingerprint density at radius 1 is 1.13 bits per heavy atom. The molecule has 2 aromatic carbocycles. The van der Waals surface area contributed by atoms with E-state index < -0.39 is 0 Å². The van der Waals surface area contributed by atoms with Crippen LogP contribution in [-0.4, -0.2) is 55.2 Å². The number of nitrogens with zero attached hydrogens (tertiary/aromatic N) is 2. The number of aromatic nitrogens is 2. The summed E-state index contributed by atoms with van der Waals surface area (Å²) >= 11 is 0. The average molecular weight is 406 g/mol. The molecule has 2 heterocycles. The number of anilines is 1. The van der Waals surface area contributed by atoms with Crippen LogP contribution in [-0.2, 0) is 0 Å². The first kappa shape index (κ1) is 20.4. The lowest BCUT2D eigenvalue weighted by Gasteiger charge is -2.16. The van der Waals surface area contributed by atoms with Crippen molar-refractivity contribution in [3.05, 3.63) is 42.1 Å². The molecule has 0 spiro atoms. The number of nitrogens with one attached hydrogen (secondary N) is 2. The van der Waals surface area contributed by atoms with Crippen molar-refractivity contribution in [1.82, 2.24) is 14.9 Å². The molecule has 158 valence electrons. The zero-order valence-corrected chi connectivity index (χ0v) is 18.1. The van der Waals surface area contributed by atoms with E-state index >= 15 is 0 Å². The molecule has 0 atom stereocenters. The number of nitrogens with two attached hydrogens (primary N) is 1. The first-order valence-electron chi connectivity index (χ1n) is 10.6. The maximum Gasteiger partial charge on any atom is 0.136 e. The van der Waals surface area contributed by atoms with Gasteiger partial charge in [0.2, 0.25) is 0 Å². The summed E-state index contributed by atoms with van der Waals surface area (Å²) in [4.78, 5) is 10.7. The molecule has 0 saturated carbocycles. The summed E-state index contributed by atoms with van der Waals surface area (Å²) < 4.78 is 5.41. The largest absolute Gasteiger partial charge is 0.497 e. The van der Waals surface area contributed by atoms with E-state index in [2.05, 4.69) is 53.4 Å². The normalized spacial score (nSPS) is 11.8. The molecule has 4 rings (SSSR count). The topological polar surface area (TPSA) is 79.2 Å². The second-order valence-electron chi connectivity index (χ2n) is 7.97. The Labute approximate surface area is 177 Å². The van der Waals surface area contributed by atoms with Crippen LogP contribution in [0.2, 0.25) is 0 Å². The monoisotopic (exact) mass is 405 g/mol. The van der Waals surface area contributed by atoms with Gasteiger partial charge in [0.1, 0.15) is 11.6 Å². The van der Waals surface area contributed by atoms with Crippen LogP contribution in [0.5, 0.6) is 5.75 Å². The van der Waals surface area contributed by atoms with Crippen molar-refractivity contribution in [3.63, 3.8) is 0 Å². The average Bonchev–Trinajstić information content (AvgIpc) is 3.17. The number of hydrogen-bond acceptors (Lipinski definition) is 5. The third-order valence-electron chi connectivity index (χ3n) is 5.76. The number of rotatable bonds is 9. The smallest absolute Gasteiger partial charge is 0.136 e. The molecule has 0 aliphatic rings. The van der Waals surface area contributed by atoms with Crippen LogP contribution in [0.4, 0.5) is 5.82 Å². The quantitative estimate of drug-likeness (QED) is 0.363. The molecule has 4 N–H and O–H groups in total. The first-order valence-corrected chi connectivity index (χ1v) is 10.6. The summed E-state index contributed by atoms with van der Waals surface area (Å²) in [5.74, 6) is 1.81. The lowest BCUT2D eigenvalue weighted by Crippen LogP contribution is -2.24. The second-order valence-corrected chi connectivity index (χ2v) is 7.97. The van der Waals surface area contributed by atoms with Gasteiger partial charge < -0.3 is 25.7 Å². The Hall–Kier alpha value is -2.83. The number of aryl methyl sites for hydroxylation is 1. The molecule has 0 aliphatic heterocycles. The predicted molar refractivity (Wildman–Crippen MR) is 127 cm³/mol. The third kappa shape index (κ3) is 3.93. The predicted octanol–water partition coefficient (Wildman–Crippen LogP) is 4.27. The Kier molecular flexibility index (Phi) is 6.06. The SMILES string of the molecule is COc1ccc2c(ccc3[nH]c4c(C)cnc(NCCCN(C)CCCN)c4c32)c1. The zero-order chi connectivity index (χ0) is 21.1. The molecule has 0 aliphatic carbocycles. The van der Waals surface area contributed by atoms with E-state index in [1.54, 1.807) is 7.11 Å². The highest BCUT2D eigenvalue weighted by Crippen LogP contribution is 2.37. The van der Waals surface area contributed by atoms with E-state index in [0.29, 0.717) is 0 Å². The van der Waals surface area contributed by atoms with Gasteiger partial charge in [-0.15, -0.1) is 0 Å². The van der Waals surface area contributed by atoms with Crippen LogP contribution < -0.4 is 15.8 Å². The number of methoxy groups -OCH3 is 1. The Morgan fingerprint density at radius 2 is 1.97 bits per heavy atom. The first-order chi connectivity index (χ1) is 14.6.